The first-order valence-corrected chi connectivity index (χ1v) is 6.88. The van der Waals surface area contributed by atoms with Crippen molar-refractivity contribution in [2.24, 2.45) is 0 Å². The normalized spacial score (nSPS) is 9.91. The predicted octanol–water partition coefficient (Wildman–Crippen LogP) is 3.22. The summed E-state index contributed by atoms with van der Waals surface area (Å²) < 4.78 is 5.19. The fourth-order valence-corrected chi connectivity index (χ4v) is 1.97. The van der Waals surface area contributed by atoms with Crippen molar-refractivity contribution in [3.8, 4) is 5.75 Å². The van der Waals surface area contributed by atoms with Gasteiger partial charge in [-0.25, -0.2) is 4.79 Å². The number of benzene rings is 2. The van der Waals surface area contributed by atoms with Gasteiger partial charge in [0.25, 0.3) is 0 Å². The van der Waals surface area contributed by atoms with Crippen LogP contribution in [-0.2, 0) is 6.54 Å². The SMILES string of the molecule is COc1ccc(C(C)=O)cc1NC(=O)NCc1ccccc1. The van der Waals surface area contributed by atoms with Gasteiger partial charge in [-0.3, -0.25) is 4.79 Å². The number of anilines is 1. The van der Waals surface area contributed by atoms with Crippen molar-refractivity contribution in [2.45, 2.75) is 13.5 Å². The first-order chi connectivity index (χ1) is 10.6. The molecule has 2 aromatic carbocycles. The minimum atomic E-state index is -0.358. The summed E-state index contributed by atoms with van der Waals surface area (Å²) >= 11 is 0. The number of ether oxygens (including phenoxy) is 1. The number of rotatable bonds is 5. The van der Waals surface area contributed by atoms with Crippen LogP contribution in [0.25, 0.3) is 0 Å². The summed E-state index contributed by atoms with van der Waals surface area (Å²) in [6, 6.07) is 14.2. The number of hydrogen-bond acceptors (Lipinski definition) is 3. The Kier molecular flexibility index (Phi) is 5.14. The number of hydrogen-bond donors (Lipinski definition) is 2. The van der Waals surface area contributed by atoms with Crippen molar-refractivity contribution in [2.75, 3.05) is 12.4 Å². The number of nitrogens with one attached hydrogen (secondary N) is 2. The Morgan fingerprint density at radius 1 is 1.09 bits per heavy atom. The maximum atomic E-state index is 12.0. The van der Waals surface area contributed by atoms with Crippen LogP contribution in [0, 0.1) is 0 Å². The van der Waals surface area contributed by atoms with Gasteiger partial charge in [0.15, 0.2) is 5.78 Å². The van der Waals surface area contributed by atoms with E-state index >= 15 is 0 Å². The van der Waals surface area contributed by atoms with E-state index in [-0.39, 0.29) is 11.8 Å². The van der Waals surface area contributed by atoms with Crippen molar-refractivity contribution in [3.05, 3.63) is 59.7 Å². The average Bonchev–Trinajstić information content (AvgIpc) is 2.53. The molecule has 0 aliphatic heterocycles. The Morgan fingerprint density at radius 2 is 1.82 bits per heavy atom. The lowest BCUT2D eigenvalue weighted by Crippen LogP contribution is -2.28. The number of urea groups is 1. The van der Waals surface area contributed by atoms with Gasteiger partial charge in [0.05, 0.1) is 12.8 Å². The molecule has 114 valence electrons. The number of methoxy groups -OCH3 is 1. The highest BCUT2D eigenvalue weighted by Crippen LogP contribution is 2.25. The third-order valence-corrected chi connectivity index (χ3v) is 3.15. The summed E-state index contributed by atoms with van der Waals surface area (Å²) in [4.78, 5) is 23.4. The third-order valence-electron chi connectivity index (χ3n) is 3.15. The zero-order valence-electron chi connectivity index (χ0n) is 12.6. The molecule has 0 heterocycles. The van der Waals surface area contributed by atoms with Crippen molar-refractivity contribution in [3.63, 3.8) is 0 Å². The topological polar surface area (TPSA) is 67.4 Å². The number of carbonyl (C=O) groups excluding carboxylic acids is 2. The minimum Gasteiger partial charge on any atom is -0.495 e. The second-order valence-electron chi connectivity index (χ2n) is 4.76. The van der Waals surface area contributed by atoms with Crippen molar-refractivity contribution in [1.29, 1.82) is 0 Å². The summed E-state index contributed by atoms with van der Waals surface area (Å²) in [5.41, 5.74) is 1.97. The lowest BCUT2D eigenvalue weighted by Gasteiger charge is -2.12. The van der Waals surface area contributed by atoms with Gasteiger partial charge in [0.2, 0.25) is 0 Å². The van der Waals surface area contributed by atoms with Crippen LogP contribution in [0.4, 0.5) is 10.5 Å². The first kappa shape index (κ1) is 15.6. The van der Waals surface area contributed by atoms with E-state index in [1.54, 1.807) is 18.2 Å². The highest BCUT2D eigenvalue weighted by atomic mass is 16.5. The fourth-order valence-electron chi connectivity index (χ4n) is 1.97. The molecule has 5 nitrogen and oxygen atoms in total. The molecule has 0 spiro atoms. The number of amides is 2. The second-order valence-corrected chi connectivity index (χ2v) is 4.76. The molecule has 2 amide bonds. The van der Waals surface area contributed by atoms with E-state index in [1.807, 2.05) is 30.3 Å². The molecule has 0 bridgehead atoms. The molecule has 0 atom stereocenters. The number of ketones is 1. The van der Waals surface area contributed by atoms with Crippen molar-refractivity contribution < 1.29 is 14.3 Å². The smallest absolute Gasteiger partial charge is 0.319 e. The van der Waals surface area contributed by atoms with Crippen LogP contribution >= 0.6 is 0 Å². The third kappa shape index (κ3) is 4.09. The van der Waals surface area contributed by atoms with Crippen molar-refractivity contribution in [1.82, 2.24) is 5.32 Å². The zero-order chi connectivity index (χ0) is 15.9. The maximum Gasteiger partial charge on any atom is 0.319 e. The maximum absolute atomic E-state index is 12.0. The van der Waals surface area contributed by atoms with E-state index in [1.165, 1.54) is 14.0 Å². The zero-order valence-corrected chi connectivity index (χ0v) is 12.6. The predicted molar refractivity (Wildman–Crippen MR) is 85.3 cm³/mol. The molecule has 0 aliphatic carbocycles. The molecule has 0 aromatic heterocycles. The molecule has 0 unspecified atom stereocenters. The van der Waals surface area contributed by atoms with Gasteiger partial charge in [-0.05, 0) is 30.7 Å². The van der Waals surface area contributed by atoms with E-state index in [2.05, 4.69) is 10.6 Å². The standard InChI is InChI=1S/C17H18N2O3/c1-12(20)14-8-9-16(22-2)15(10-14)19-17(21)18-11-13-6-4-3-5-7-13/h3-10H,11H2,1-2H3,(H2,18,19,21). The highest BCUT2D eigenvalue weighted by molar-refractivity contribution is 5.97. The fraction of sp³-hybridized carbons (Fsp3) is 0.176. The lowest BCUT2D eigenvalue weighted by atomic mass is 10.1. The Hall–Kier alpha value is -2.82. The Bertz CT molecular complexity index is 669. The van der Waals surface area contributed by atoms with E-state index < -0.39 is 0 Å². The van der Waals surface area contributed by atoms with Crippen LogP contribution in [-0.4, -0.2) is 18.9 Å². The van der Waals surface area contributed by atoms with Crippen molar-refractivity contribution >= 4 is 17.5 Å². The number of carbonyl (C=O) groups is 2. The molecule has 0 saturated carbocycles. The quantitative estimate of drug-likeness (QED) is 0.833. The molecule has 2 aromatic rings. The second kappa shape index (κ2) is 7.26. The van der Waals surface area contributed by atoms with Gasteiger partial charge in [-0.1, -0.05) is 30.3 Å². The van der Waals surface area contributed by atoms with E-state index in [0.717, 1.165) is 5.56 Å². The molecule has 22 heavy (non-hydrogen) atoms. The summed E-state index contributed by atoms with van der Waals surface area (Å²) in [7, 11) is 1.51. The number of Topliss-reactive ketones (excluding diaryl/α,β-unsaturated/α-hetero) is 1. The van der Waals surface area contributed by atoms with E-state index in [0.29, 0.717) is 23.5 Å². The van der Waals surface area contributed by atoms with Gasteiger partial charge in [-0.2, -0.15) is 0 Å². The lowest BCUT2D eigenvalue weighted by molar-refractivity contribution is 0.101. The van der Waals surface area contributed by atoms with Crippen LogP contribution in [0.2, 0.25) is 0 Å². The molecule has 2 N–H and O–H groups in total. The van der Waals surface area contributed by atoms with E-state index in [4.69, 9.17) is 4.74 Å². The van der Waals surface area contributed by atoms with Crippen LogP contribution in [0.5, 0.6) is 5.75 Å². The van der Waals surface area contributed by atoms with Gasteiger partial charge in [0, 0.05) is 12.1 Å². The summed E-state index contributed by atoms with van der Waals surface area (Å²) in [6.07, 6.45) is 0. The van der Waals surface area contributed by atoms with Gasteiger partial charge in [-0.15, -0.1) is 0 Å². The molecule has 5 heteroatoms. The Balaban J connectivity index is 2.04. The summed E-state index contributed by atoms with van der Waals surface area (Å²) in [5.74, 6) is 0.426. The average molecular weight is 298 g/mol. The van der Waals surface area contributed by atoms with Crippen LogP contribution in [0.15, 0.2) is 48.5 Å². The summed E-state index contributed by atoms with van der Waals surface area (Å²) in [5, 5.41) is 5.46. The molecule has 0 aliphatic rings. The Morgan fingerprint density at radius 3 is 2.45 bits per heavy atom. The first-order valence-electron chi connectivity index (χ1n) is 6.88. The molecule has 0 radical (unpaired) electrons. The van der Waals surface area contributed by atoms with E-state index in [9.17, 15) is 9.59 Å². The largest absolute Gasteiger partial charge is 0.495 e. The highest BCUT2D eigenvalue weighted by Gasteiger charge is 2.10. The molecule has 2 rings (SSSR count). The minimum absolute atomic E-state index is 0.0737. The van der Waals surface area contributed by atoms with Gasteiger partial charge in [0.1, 0.15) is 5.75 Å². The Labute approximate surface area is 129 Å². The van der Waals surface area contributed by atoms with Crippen LogP contribution < -0.4 is 15.4 Å². The van der Waals surface area contributed by atoms with Crippen LogP contribution in [0.3, 0.4) is 0 Å². The summed E-state index contributed by atoms with van der Waals surface area (Å²) in [6.45, 7) is 1.89. The van der Waals surface area contributed by atoms with Gasteiger partial charge < -0.3 is 15.4 Å². The molecular weight excluding hydrogens is 280 g/mol. The monoisotopic (exact) mass is 298 g/mol. The van der Waals surface area contributed by atoms with Gasteiger partial charge >= 0.3 is 6.03 Å². The molecular formula is C17H18N2O3. The molecule has 0 saturated heterocycles. The van der Waals surface area contributed by atoms with Crippen LogP contribution in [0.1, 0.15) is 22.8 Å². The molecule has 0 fully saturated rings.